The van der Waals surface area contributed by atoms with Crippen molar-refractivity contribution < 1.29 is 27.4 Å². The summed E-state index contributed by atoms with van der Waals surface area (Å²) in [4.78, 5) is 13.3. The third kappa shape index (κ3) is 8.04. The Labute approximate surface area is 244 Å². The van der Waals surface area contributed by atoms with Crippen molar-refractivity contribution in [2.75, 3.05) is 17.4 Å². The number of hydrogen-bond donors (Lipinski definition) is 6. The Morgan fingerprint density at radius 3 is 2.33 bits per heavy atom. The van der Waals surface area contributed by atoms with Gasteiger partial charge in [0.15, 0.2) is 0 Å². The van der Waals surface area contributed by atoms with Gasteiger partial charge in [0.25, 0.3) is 0 Å². The molecule has 1 saturated heterocycles. The van der Waals surface area contributed by atoms with E-state index in [1.54, 1.807) is 36.4 Å². The Bertz CT molecular complexity index is 1400. The topological polar surface area (TPSA) is 151 Å². The average Bonchev–Trinajstić information content (AvgIpc) is 3.20. The molecule has 1 heterocycles. The SMILES string of the molecule is O=C(NCCCCc1ccccc1)[C@H](Cc1ccc(N2CC(O)NS2(O)O)c(Br)c1)NS(=O)(=O)c1ccccc1. The number of β-amino-alcohol motifs (C(OH)–C–C–N with tert-alkyl or cyclic N) is 1. The molecule has 0 saturated carbocycles. The number of carbonyl (C=O) groups is 1. The second kappa shape index (κ2) is 13.4. The van der Waals surface area contributed by atoms with Crippen LogP contribution in [0.4, 0.5) is 5.69 Å². The normalized spacial score (nSPS) is 18.3. The molecular weight excluding hydrogens is 620 g/mol. The first-order valence-corrected chi connectivity index (χ1v) is 16.5. The van der Waals surface area contributed by atoms with Crippen molar-refractivity contribution in [1.29, 1.82) is 0 Å². The van der Waals surface area contributed by atoms with Gasteiger partial charge >= 0.3 is 0 Å². The highest BCUT2D eigenvalue weighted by atomic mass is 79.9. The fourth-order valence-electron chi connectivity index (χ4n) is 4.37. The van der Waals surface area contributed by atoms with E-state index in [4.69, 9.17) is 0 Å². The summed E-state index contributed by atoms with van der Waals surface area (Å²) in [7, 11) is -7.38. The van der Waals surface area contributed by atoms with Crippen LogP contribution in [0.5, 0.6) is 0 Å². The van der Waals surface area contributed by atoms with Gasteiger partial charge in [-0.05, 0) is 77.0 Å². The third-order valence-corrected chi connectivity index (χ3v) is 10.0. The maximum Gasteiger partial charge on any atom is 0.241 e. The van der Waals surface area contributed by atoms with Crippen LogP contribution in [0, 0.1) is 0 Å². The molecule has 3 aromatic rings. The van der Waals surface area contributed by atoms with Crippen molar-refractivity contribution in [3.05, 3.63) is 94.5 Å². The lowest BCUT2D eigenvalue weighted by Gasteiger charge is -2.37. The number of aliphatic hydroxyl groups is 1. The van der Waals surface area contributed by atoms with E-state index in [0.29, 0.717) is 22.3 Å². The number of nitrogens with one attached hydrogen (secondary N) is 3. The van der Waals surface area contributed by atoms with Crippen LogP contribution in [0.15, 0.2) is 88.2 Å². The summed E-state index contributed by atoms with van der Waals surface area (Å²) in [6.45, 7) is 0.368. The number of unbranched alkanes of at least 4 members (excludes halogenated alkanes) is 1. The van der Waals surface area contributed by atoms with Crippen molar-refractivity contribution in [2.24, 2.45) is 0 Å². The van der Waals surface area contributed by atoms with E-state index >= 15 is 0 Å². The van der Waals surface area contributed by atoms with Crippen LogP contribution >= 0.6 is 26.9 Å². The number of carbonyl (C=O) groups excluding carboxylic acids is 1. The number of aliphatic hydroxyl groups excluding tert-OH is 1. The van der Waals surface area contributed by atoms with Gasteiger partial charge in [0, 0.05) is 11.0 Å². The molecule has 2 atom stereocenters. The number of amides is 1. The summed E-state index contributed by atoms with van der Waals surface area (Å²) >= 11 is 3.43. The van der Waals surface area contributed by atoms with Crippen LogP contribution in [0.25, 0.3) is 0 Å². The molecule has 1 aliphatic rings. The number of nitrogens with zero attached hydrogens (tertiary/aromatic N) is 1. The van der Waals surface area contributed by atoms with E-state index in [1.807, 2.05) is 18.2 Å². The molecule has 1 amide bonds. The number of rotatable bonds is 12. The largest absolute Gasteiger partial charge is 0.375 e. The maximum atomic E-state index is 13.2. The van der Waals surface area contributed by atoms with Crippen molar-refractivity contribution in [3.8, 4) is 0 Å². The van der Waals surface area contributed by atoms with Crippen molar-refractivity contribution in [1.82, 2.24) is 14.8 Å². The molecule has 10 nitrogen and oxygen atoms in total. The molecule has 0 aliphatic carbocycles. The molecule has 1 aliphatic heterocycles. The molecule has 0 radical (unpaired) electrons. The van der Waals surface area contributed by atoms with Crippen LogP contribution in [0.3, 0.4) is 0 Å². The van der Waals surface area contributed by atoms with Gasteiger partial charge in [0.1, 0.15) is 12.3 Å². The molecule has 4 rings (SSSR count). The van der Waals surface area contributed by atoms with Gasteiger partial charge in [0.05, 0.1) is 17.1 Å². The number of benzene rings is 3. The molecule has 0 spiro atoms. The number of aryl methyl sites for hydroxylation is 1. The van der Waals surface area contributed by atoms with Crippen molar-refractivity contribution in [3.63, 3.8) is 0 Å². The van der Waals surface area contributed by atoms with Gasteiger partial charge in [-0.3, -0.25) is 18.2 Å². The van der Waals surface area contributed by atoms with E-state index in [2.05, 4.69) is 42.8 Å². The highest BCUT2D eigenvalue weighted by Gasteiger charge is 2.36. The van der Waals surface area contributed by atoms with Gasteiger partial charge in [0.2, 0.25) is 15.9 Å². The number of hydrogen-bond acceptors (Lipinski definition) is 8. The van der Waals surface area contributed by atoms with Crippen LogP contribution in [-0.4, -0.2) is 53.9 Å². The minimum Gasteiger partial charge on any atom is -0.375 e. The zero-order valence-corrected chi connectivity index (χ0v) is 24.8. The Balaban J connectivity index is 1.46. The van der Waals surface area contributed by atoms with Gasteiger partial charge in [-0.2, -0.15) is 9.44 Å². The standard InChI is InChI=1S/C27H33BrN4O6S2/c28-23-17-21(14-15-25(23)32-19-26(33)31-40(32,37)38)18-24(30-39(35,36)22-12-5-2-6-13-22)27(34)29-16-8-7-11-20-9-3-1-4-10-20/h1-6,9-10,12-15,17,24,26,30-31,33,37-38H,7-8,11,16,18-19H2,(H,29,34)/t24-,26?/m0/s1. The van der Waals surface area contributed by atoms with Crippen molar-refractivity contribution in [2.45, 2.75) is 42.8 Å². The van der Waals surface area contributed by atoms with Gasteiger partial charge in [-0.25, -0.2) is 8.42 Å². The fraction of sp³-hybridized carbons (Fsp3) is 0.296. The van der Waals surface area contributed by atoms with E-state index < -0.39 is 39.2 Å². The van der Waals surface area contributed by atoms with E-state index in [9.17, 15) is 27.4 Å². The average molecular weight is 654 g/mol. The molecule has 0 aromatic heterocycles. The van der Waals surface area contributed by atoms with Crippen molar-refractivity contribution >= 4 is 48.5 Å². The molecule has 1 unspecified atom stereocenters. The number of sulfonamides is 1. The smallest absolute Gasteiger partial charge is 0.241 e. The summed E-state index contributed by atoms with van der Waals surface area (Å²) in [5.74, 6) is -0.444. The van der Waals surface area contributed by atoms with E-state index in [0.717, 1.165) is 19.3 Å². The molecule has 40 heavy (non-hydrogen) atoms. The summed E-state index contributed by atoms with van der Waals surface area (Å²) in [5.41, 5.74) is 2.29. The minimum atomic E-state index is -3.98. The van der Waals surface area contributed by atoms with Gasteiger partial charge < -0.3 is 10.4 Å². The first-order valence-electron chi connectivity index (χ1n) is 12.7. The molecule has 216 valence electrons. The minimum absolute atomic E-state index is 0.0353. The summed E-state index contributed by atoms with van der Waals surface area (Å²) in [5, 5.41) is 12.7. The molecule has 3 aromatic carbocycles. The highest BCUT2D eigenvalue weighted by Crippen LogP contribution is 2.48. The quantitative estimate of drug-likeness (QED) is 0.162. The first-order chi connectivity index (χ1) is 19.0. The molecule has 0 bridgehead atoms. The molecule has 6 N–H and O–H groups in total. The summed E-state index contributed by atoms with van der Waals surface area (Å²) in [6, 6.07) is 21.8. The number of halogens is 1. The number of anilines is 1. The second-order valence-corrected chi connectivity index (χ2v) is 13.7. The first kappa shape index (κ1) is 30.5. The highest BCUT2D eigenvalue weighted by molar-refractivity contribution is 9.10. The van der Waals surface area contributed by atoms with Crippen LogP contribution in [0.1, 0.15) is 24.0 Å². The monoisotopic (exact) mass is 652 g/mol. The molecular formula is C27H33BrN4O6S2. The van der Waals surface area contributed by atoms with Gasteiger partial charge in [-0.1, -0.05) is 65.6 Å². The fourth-order valence-corrected chi connectivity index (χ4v) is 7.70. The molecule has 13 heteroatoms. The van der Waals surface area contributed by atoms with E-state index in [1.165, 1.54) is 22.0 Å². The lowest BCUT2D eigenvalue weighted by Crippen LogP contribution is -2.48. The zero-order valence-electron chi connectivity index (χ0n) is 21.6. The van der Waals surface area contributed by atoms with Gasteiger partial charge in [-0.15, -0.1) is 0 Å². The second-order valence-electron chi connectivity index (χ2n) is 9.42. The van der Waals surface area contributed by atoms with Crippen LogP contribution in [-0.2, 0) is 27.7 Å². The van der Waals surface area contributed by atoms with Crippen LogP contribution < -0.4 is 19.1 Å². The molecule has 1 fully saturated rings. The predicted molar refractivity (Wildman–Crippen MR) is 160 cm³/mol. The zero-order chi connectivity index (χ0) is 28.8. The van der Waals surface area contributed by atoms with E-state index in [-0.39, 0.29) is 17.9 Å². The lowest BCUT2D eigenvalue weighted by atomic mass is 10.1. The summed E-state index contributed by atoms with van der Waals surface area (Å²) in [6.07, 6.45) is 1.44. The Kier molecular flexibility index (Phi) is 10.2. The maximum absolute atomic E-state index is 13.2. The Morgan fingerprint density at radius 1 is 1.02 bits per heavy atom. The Hall–Kier alpha value is -2.49. The Morgan fingerprint density at radius 2 is 1.70 bits per heavy atom. The predicted octanol–water partition coefficient (Wildman–Crippen LogP) is 3.79. The summed E-state index contributed by atoms with van der Waals surface area (Å²) < 4.78 is 53.3. The lowest BCUT2D eigenvalue weighted by molar-refractivity contribution is -0.122. The van der Waals surface area contributed by atoms with Crippen LogP contribution in [0.2, 0.25) is 0 Å². The third-order valence-electron chi connectivity index (χ3n) is 6.36.